The van der Waals surface area contributed by atoms with Crippen LogP contribution in [0.1, 0.15) is 133 Å². The van der Waals surface area contributed by atoms with Crippen molar-refractivity contribution in [2.75, 3.05) is 103 Å². The second-order valence-electron chi connectivity index (χ2n) is 23.0. The molecule has 1 aromatic carbocycles. The van der Waals surface area contributed by atoms with Gasteiger partial charge in [0.25, 0.3) is 11.8 Å². The number of allylic oxidation sites excluding steroid dienone is 3. The van der Waals surface area contributed by atoms with Crippen LogP contribution in [0.3, 0.4) is 0 Å². The molecule has 0 bridgehead atoms. The van der Waals surface area contributed by atoms with Gasteiger partial charge in [0.05, 0.1) is 66.9 Å². The molecular weight excluding hydrogens is 1290 g/mol. The Labute approximate surface area is 612 Å². The lowest BCUT2D eigenvalue weighted by molar-refractivity contribution is -0.151. The molecule has 0 saturated heterocycles. The number of ketones is 1. The normalized spacial score (nSPS) is 9.87. The van der Waals surface area contributed by atoms with Gasteiger partial charge in [-0.15, -0.1) is 52.6 Å². The fourth-order valence-electron chi connectivity index (χ4n) is 5.00. The highest BCUT2D eigenvalue weighted by atomic mass is 16.5. The Hall–Kier alpha value is -9.11. The minimum Gasteiger partial charge on any atom is -0.505 e. The van der Waals surface area contributed by atoms with E-state index >= 15 is 0 Å². The van der Waals surface area contributed by atoms with Gasteiger partial charge < -0.3 is 42.8 Å². The summed E-state index contributed by atoms with van der Waals surface area (Å²) in [6.45, 7) is 70.9. The Morgan fingerprint density at radius 1 is 0.545 bits per heavy atom. The average Bonchev–Trinajstić information content (AvgIpc) is 1.63. The van der Waals surface area contributed by atoms with Gasteiger partial charge in [-0.2, -0.15) is 0 Å². The van der Waals surface area contributed by atoms with Crippen LogP contribution in [0, 0.1) is 16.2 Å². The van der Waals surface area contributed by atoms with Gasteiger partial charge in [0.2, 0.25) is 5.91 Å². The maximum Gasteiger partial charge on any atom is 0.332 e. The number of unbranched alkanes of at least 4 members (excludes halogenated alkanes) is 1. The fourth-order valence-corrected chi connectivity index (χ4v) is 5.00. The van der Waals surface area contributed by atoms with Gasteiger partial charge >= 0.3 is 29.8 Å². The van der Waals surface area contributed by atoms with E-state index in [0.29, 0.717) is 57.1 Å². The molecule has 3 amide bonds. The summed E-state index contributed by atoms with van der Waals surface area (Å²) < 4.78 is 35.6. The number of imide groups is 1. The van der Waals surface area contributed by atoms with Crippen molar-refractivity contribution >= 4 is 53.4 Å². The summed E-state index contributed by atoms with van der Waals surface area (Å²) in [5.41, 5.74) is 2.15. The molecule has 0 aliphatic carbocycles. The first-order valence-electron chi connectivity index (χ1n) is 32.2. The number of aryl methyl sites for hydroxylation is 1. The molecule has 1 aliphatic rings. The Balaban J connectivity index is -0.0000000976. The first-order chi connectivity index (χ1) is 47.1. The number of ether oxygens (including phenoxy) is 8. The standard InChI is InChI=1S/C11H19NO.C10H14O.C9H16O.C8H14O2.C7H13N.C5H5NO2.3C5H8O2.C5H10.C4H6O2.C4H8O.C3H6O/c1-6-8-12(9-7-2)10(13)11(3,4)5;1-3-9-4-6-10(7-5-9)8-11-2;1-5-6-7-8(10)9(2,3)4;1-5-6-10-7(9)8(2,3)4;1-4-6-8(3)7-5-2;1-6-4(7)2-3-5(6)8;1-4(2)5(6)7-3;2*1-3-4-5(6)7-2;1-3-5-4-2;1-3-4(5)6-2;1-3-4-5-2;1-3-4-2/h6-7H,1-2,8-9H2,3-5H3;4-7H,3,8H2,1-2H3;5H,1,6-7H2,2-4H3;5H,1,6H2,2-4H3;4-5H,1-2,6-7H2,3H3;2-3H,1H3;1H2,2-3H3;3-4H,1-2H3;3H,1,4H2,2H3;3H,1,4-5H2,2H3;3H,1H2,2H3;3H,1,4H2,2H3;3H,1H2,2H3/b;;;;;;;4-3+;;;;;. The van der Waals surface area contributed by atoms with Crippen molar-refractivity contribution < 1.29 is 81.0 Å². The Kier molecular flexibility index (Phi) is 95.7. The molecule has 0 N–H and O–H groups in total. The number of carbonyl (C=O) groups is 9. The average molecular weight is 1420 g/mol. The maximum atomic E-state index is 11.8. The van der Waals surface area contributed by atoms with Crippen molar-refractivity contribution in [3.63, 3.8) is 0 Å². The zero-order valence-corrected chi connectivity index (χ0v) is 66.4. The highest BCUT2D eigenvalue weighted by Crippen LogP contribution is 2.18. The second kappa shape index (κ2) is 83.3. The number of amides is 3. The lowest BCUT2D eigenvalue weighted by Gasteiger charge is -2.27. The van der Waals surface area contributed by atoms with Crippen molar-refractivity contribution in [2.45, 2.75) is 135 Å². The van der Waals surface area contributed by atoms with E-state index in [-0.39, 0.29) is 52.4 Å². The van der Waals surface area contributed by atoms with Crippen LogP contribution < -0.4 is 0 Å². The van der Waals surface area contributed by atoms with Crippen LogP contribution in [0.15, 0.2) is 200 Å². The van der Waals surface area contributed by atoms with Gasteiger partial charge in [0.15, 0.2) is 0 Å². The number of rotatable bonds is 26. The molecule has 0 saturated carbocycles. The molecule has 0 fully saturated rings. The minimum atomic E-state index is -0.400. The third-order valence-corrected chi connectivity index (χ3v) is 10.5. The fraction of sp³-hybridized carbons (Fsp3) is 0.469. The molecule has 0 spiro atoms. The second-order valence-corrected chi connectivity index (χ2v) is 23.0. The van der Waals surface area contributed by atoms with Gasteiger partial charge in [-0.3, -0.25) is 38.6 Å². The number of benzene rings is 1. The summed E-state index contributed by atoms with van der Waals surface area (Å²) >= 11 is 0. The van der Waals surface area contributed by atoms with Crippen molar-refractivity contribution in [2.24, 2.45) is 16.2 Å². The van der Waals surface area contributed by atoms with Crippen LogP contribution in [-0.2, 0) is 94.1 Å². The quantitative estimate of drug-likeness (QED) is 0.0209. The van der Waals surface area contributed by atoms with E-state index in [2.05, 4.69) is 150 Å². The Morgan fingerprint density at radius 2 is 0.980 bits per heavy atom. The van der Waals surface area contributed by atoms with Gasteiger partial charge in [0.1, 0.15) is 12.4 Å². The number of Topliss-reactive ketones (excluding diaryl/α,β-unsaturated/α-hetero) is 1. The van der Waals surface area contributed by atoms with E-state index in [0.717, 1.165) is 43.3 Å². The predicted molar refractivity (Wildman–Crippen MR) is 419 cm³/mol. The third-order valence-electron chi connectivity index (χ3n) is 10.5. The monoisotopic (exact) mass is 1420 g/mol. The van der Waals surface area contributed by atoms with E-state index in [1.54, 1.807) is 76.5 Å². The largest absolute Gasteiger partial charge is 0.505 e. The number of nitrogens with zero attached hydrogens (tertiary/aromatic N) is 3. The third kappa shape index (κ3) is 97.4. The van der Waals surface area contributed by atoms with Gasteiger partial charge in [0, 0.05) is 94.6 Å². The van der Waals surface area contributed by atoms with Crippen LogP contribution in [0.5, 0.6) is 0 Å². The SMILES string of the molecule is C/C=C/C(=O)OC.C=C(C)C(=O)OC.C=CC(=O)OC.C=CCC(=O)OC.C=CCCC.C=CCCC(=O)C(C)(C)C.C=CCN(C)CC=C.C=CCN(CC=C)C(=O)C(C)(C)C.C=CCOC.C=CCOC(=O)C(C)(C)C.C=COC.CCc1ccc(COC)cc1.CN1C(=O)C=CC1=O. The zero-order valence-electron chi connectivity index (χ0n) is 66.4. The number of hydrogen-bond acceptors (Lipinski definition) is 18. The number of methoxy groups -OCH3 is 7. The van der Waals surface area contributed by atoms with Crippen LogP contribution in [0.4, 0.5) is 0 Å². The van der Waals surface area contributed by atoms with Crippen molar-refractivity contribution in [3.05, 3.63) is 211 Å². The molecule has 0 unspecified atom stereocenters. The lowest BCUT2D eigenvalue weighted by atomic mass is 9.88. The molecule has 1 aliphatic heterocycles. The Bertz CT molecular complexity index is 2440. The summed E-state index contributed by atoms with van der Waals surface area (Å²) in [7, 11) is 13.7. The molecule has 0 aromatic heterocycles. The van der Waals surface area contributed by atoms with Crippen LogP contribution in [-0.4, -0.2) is 171 Å². The van der Waals surface area contributed by atoms with E-state index in [1.807, 2.05) is 87.6 Å². The van der Waals surface area contributed by atoms with Crippen LogP contribution in [0.2, 0.25) is 0 Å². The van der Waals surface area contributed by atoms with Crippen molar-refractivity contribution in [3.8, 4) is 0 Å². The van der Waals surface area contributed by atoms with Crippen LogP contribution in [0.25, 0.3) is 0 Å². The Morgan fingerprint density at radius 3 is 1.17 bits per heavy atom. The zero-order chi connectivity index (χ0) is 81.4. The van der Waals surface area contributed by atoms with Gasteiger partial charge in [-0.05, 0) is 72.1 Å². The molecule has 1 heterocycles. The smallest absolute Gasteiger partial charge is 0.332 e. The summed E-state index contributed by atoms with van der Waals surface area (Å²) in [6, 6.07) is 8.52. The van der Waals surface area contributed by atoms with Gasteiger partial charge in [-0.25, -0.2) is 14.4 Å². The predicted octanol–water partition coefficient (Wildman–Crippen LogP) is 15.9. The molecule has 20 nitrogen and oxygen atoms in total. The first-order valence-corrected chi connectivity index (χ1v) is 32.2. The summed E-state index contributed by atoms with van der Waals surface area (Å²) in [6.07, 6.45) is 28.9. The molecule has 0 radical (unpaired) electrons. The topological polar surface area (TPSA) is 237 Å². The summed E-state index contributed by atoms with van der Waals surface area (Å²) in [4.78, 5) is 99.9. The maximum absolute atomic E-state index is 11.8. The number of carbonyl (C=O) groups excluding carboxylic acids is 9. The molecule has 101 heavy (non-hydrogen) atoms. The molecule has 20 heteroatoms. The van der Waals surface area contributed by atoms with E-state index < -0.39 is 11.4 Å². The first kappa shape index (κ1) is 116. The van der Waals surface area contributed by atoms with E-state index in [4.69, 9.17) is 9.47 Å². The highest BCUT2D eigenvalue weighted by Gasteiger charge is 2.26. The minimum absolute atomic E-state index is 0.132. The van der Waals surface area contributed by atoms with E-state index in [9.17, 15) is 43.2 Å². The molecular formula is C81H135N3O17. The van der Waals surface area contributed by atoms with Crippen molar-refractivity contribution in [1.29, 1.82) is 0 Å². The van der Waals surface area contributed by atoms with Crippen LogP contribution >= 0.6 is 0 Å². The summed E-state index contributed by atoms with van der Waals surface area (Å²) in [5, 5.41) is 0. The number of esters is 5. The van der Waals surface area contributed by atoms with Gasteiger partial charge in [-0.1, -0.05) is 173 Å². The highest BCUT2D eigenvalue weighted by molar-refractivity contribution is 6.12. The molecule has 2 rings (SSSR count). The molecule has 0 atom stereocenters. The van der Waals surface area contributed by atoms with E-state index in [1.165, 1.54) is 83.6 Å². The molecule has 1 aromatic rings. The van der Waals surface area contributed by atoms with Crippen molar-refractivity contribution in [1.82, 2.24) is 14.7 Å². The lowest BCUT2D eigenvalue weighted by Crippen LogP contribution is -2.39. The summed E-state index contributed by atoms with van der Waals surface area (Å²) in [5.74, 6) is -1.51. The number of hydrogen-bond donors (Lipinski definition) is 0. The number of likely N-dealkylation sites (N-methyl/N-ethyl adjacent to an activating group) is 2. The molecule has 576 valence electrons.